The molecular formula is C25H21N5O4S2. The number of ether oxygens (including phenoxy) is 1. The van der Waals surface area contributed by atoms with Gasteiger partial charge in [-0.2, -0.15) is 0 Å². The molecule has 182 valence electrons. The summed E-state index contributed by atoms with van der Waals surface area (Å²) in [5.74, 6) is -0.341. The van der Waals surface area contributed by atoms with Crippen LogP contribution in [-0.4, -0.2) is 36.5 Å². The van der Waals surface area contributed by atoms with Gasteiger partial charge < -0.3 is 10.1 Å². The van der Waals surface area contributed by atoms with Crippen molar-refractivity contribution in [1.29, 1.82) is 0 Å². The van der Waals surface area contributed by atoms with Gasteiger partial charge in [0, 0.05) is 23.6 Å². The van der Waals surface area contributed by atoms with Gasteiger partial charge in [-0.1, -0.05) is 42.5 Å². The predicted molar refractivity (Wildman–Crippen MR) is 141 cm³/mol. The fourth-order valence-corrected chi connectivity index (χ4v) is 4.45. The number of carbonyl (C=O) groups is 1. The lowest BCUT2D eigenvalue weighted by atomic mass is 10.0. The van der Waals surface area contributed by atoms with Crippen LogP contribution in [0.15, 0.2) is 96.2 Å². The third-order valence-corrected chi connectivity index (χ3v) is 6.55. The molecule has 0 unspecified atom stereocenters. The van der Waals surface area contributed by atoms with Crippen LogP contribution in [0.25, 0.3) is 11.1 Å². The number of amides is 1. The quantitative estimate of drug-likeness (QED) is 0.312. The molecule has 36 heavy (non-hydrogen) atoms. The maximum atomic E-state index is 12.7. The van der Waals surface area contributed by atoms with Gasteiger partial charge in [0.05, 0.1) is 12.0 Å². The Labute approximate surface area is 213 Å². The van der Waals surface area contributed by atoms with Crippen LogP contribution in [0.3, 0.4) is 0 Å². The van der Waals surface area contributed by atoms with E-state index >= 15 is 0 Å². The summed E-state index contributed by atoms with van der Waals surface area (Å²) in [5, 5.41) is 5.56. The smallest absolute Gasteiger partial charge is 0.263 e. The Balaban J connectivity index is 1.36. The zero-order valence-corrected chi connectivity index (χ0v) is 20.6. The van der Waals surface area contributed by atoms with Crippen molar-refractivity contribution in [3.05, 3.63) is 96.8 Å². The van der Waals surface area contributed by atoms with E-state index in [2.05, 4.69) is 25.3 Å². The van der Waals surface area contributed by atoms with Crippen LogP contribution in [0.1, 0.15) is 10.4 Å². The number of nitrogens with one attached hydrogen (secondary N) is 3. The Morgan fingerprint density at radius 1 is 0.861 bits per heavy atom. The van der Waals surface area contributed by atoms with Crippen molar-refractivity contribution in [3.63, 3.8) is 0 Å². The van der Waals surface area contributed by atoms with Crippen molar-refractivity contribution in [1.82, 2.24) is 15.3 Å². The highest BCUT2D eigenvalue weighted by molar-refractivity contribution is 7.92. The molecule has 1 aromatic heterocycles. The van der Waals surface area contributed by atoms with Crippen LogP contribution in [0.5, 0.6) is 5.88 Å². The lowest BCUT2D eigenvalue weighted by molar-refractivity contribution is 0.0977. The van der Waals surface area contributed by atoms with Crippen molar-refractivity contribution < 1.29 is 17.9 Å². The number of aromatic nitrogens is 2. The number of nitrogens with zero attached hydrogens (tertiary/aromatic N) is 2. The first-order valence-electron chi connectivity index (χ1n) is 10.6. The summed E-state index contributed by atoms with van der Waals surface area (Å²) < 4.78 is 32.7. The van der Waals surface area contributed by atoms with Gasteiger partial charge in [0.25, 0.3) is 21.8 Å². The van der Waals surface area contributed by atoms with Crippen molar-refractivity contribution in [2.45, 2.75) is 4.90 Å². The Kier molecular flexibility index (Phi) is 7.52. The molecule has 0 saturated carbocycles. The van der Waals surface area contributed by atoms with Gasteiger partial charge in [-0.05, 0) is 59.7 Å². The fourth-order valence-electron chi connectivity index (χ4n) is 3.23. The molecule has 0 spiro atoms. The number of hydrogen-bond donors (Lipinski definition) is 3. The normalized spacial score (nSPS) is 10.8. The zero-order valence-electron chi connectivity index (χ0n) is 19.0. The second kappa shape index (κ2) is 10.9. The SMILES string of the molecule is COc1nccnc1NS(=O)(=O)c1ccc(NC(=S)NC(=O)c2ccc(-c3ccccc3)cc2)cc1. The van der Waals surface area contributed by atoms with Crippen molar-refractivity contribution >= 4 is 44.8 Å². The van der Waals surface area contributed by atoms with E-state index in [-0.39, 0.29) is 27.6 Å². The zero-order chi connectivity index (χ0) is 25.5. The number of thiocarbonyl (C=S) groups is 1. The topological polar surface area (TPSA) is 122 Å². The first-order valence-corrected chi connectivity index (χ1v) is 12.5. The van der Waals surface area contributed by atoms with E-state index < -0.39 is 10.0 Å². The fraction of sp³-hybridized carbons (Fsp3) is 0.0400. The highest BCUT2D eigenvalue weighted by Crippen LogP contribution is 2.22. The van der Waals surface area contributed by atoms with E-state index in [9.17, 15) is 13.2 Å². The van der Waals surface area contributed by atoms with Gasteiger partial charge >= 0.3 is 0 Å². The minimum Gasteiger partial charge on any atom is -0.478 e. The number of benzene rings is 3. The van der Waals surface area contributed by atoms with E-state index in [1.165, 1.54) is 43.8 Å². The maximum absolute atomic E-state index is 12.7. The lowest BCUT2D eigenvalue weighted by Crippen LogP contribution is -2.34. The molecule has 1 heterocycles. The number of hydrogen-bond acceptors (Lipinski definition) is 7. The average molecular weight is 520 g/mol. The molecule has 3 N–H and O–H groups in total. The Hall–Kier alpha value is -4.35. The molecule has 0 aliphatic carbocycles. The standard InChI is InChI=1S/C25H21N5O4S2/c1-34-24-22(26-15-16-27-24)30-36(32,33)21-13-11-20(12-14-21)28-25(35)29-23(31)19-9-7-18(8-10-19)17-5-3-2-4-6-17/h2-16H,1H3,(H,26,30)(H2,28,29,31,35). The van der Waals surface area contributed by atoms with E-state index in [4.69, 9.17) is 17.0 Å². The monoisotopic (exact) mass is 519 g/mol. The lowest BCUT2D eigenvalue weighted by Gasteiger charge is -2.12. The minimum atomic E-state index is -3.93. The molecule has 0 aliphatic rings. The van der Waals surface area contributed by atoms with E-state index in [1.807, 2.05) is 42.5 Å². The highest BCUT2D eigenvalue weighted by atomic mass is 32.2. The predicted octanol–water partition coefficient (Wildman–Crippen LogP) is 4.08. The summed E-state index contributed by atoms with van der Waals surface area (Å²) in [6.45, 7) is 0. The molecular weight excluding hydrogens is 498 g/mol. The van der Waals surface area contributed by atoms with E-state index in [0.717, 1.165) is 11.1 Å². The third kappa shape index (κ3) is 6.01. The molecule has 0 fully saturated rings. The molecule has 9 nitrogen and oxygen atoms in total. The maximum Gasteiger partial charge on any atom is 0.263 e. The molecule has 0 bridgehead atoms. The largest absolute Gasteiger partial charge is 0.478 e. The van der Waals surface area contributed by atoms with E-state index in [0.29, 0.717) is 11.3 Å². The number of carbonyl (C=O) groups excluding carboxylic acids is 1. The van der Waals surface area contributed by atoms with Gasteiger partial charge in [0.15, 0.2) is 5.11 Å². The molecule has 3 aromatic carbocycles. The molecule has 0 saturated heterocycles. The van der Waals surface area contributed by atoms with Crippen molar-refractivity contribution in [3.8, 4) is 17.0 Å². The summed E-state index contributed by atoms with van der Waals surface area (Å²) in [6.07, 6.45) is 2.73. The third-order valence-electron chi connectivity index (χ3n) is 4.99. The van der Waals surface area contributed by atoms with Crippen molar-refractivity contribution in [2.24, 2.45) is 0 Å². The molecule has 4 rings (SSSR count). The second-order valence-corrected chi connectivity index (χ2v) is 9.49. The number of sulfonamides is 1. The first-order chi connectivity index (χ1) is 17.4. The van der Waals surface area contributed by atoms with E-state index in [1.54, 1.807) is 12.1 Å². The highest BCUT2D eigenvalue weighted by Gasteiger charge is 2.18. The summed E-state index contributed by atoms with van der Waals surface area (Å²) in [5.41, 5.74) is 3.00. The summed E-state index contributed by atoms with van der Waals surface area (Å²) in [6, 6.07) is 22.8. The molecule has 4 aromatic rings. The molecule has 0 aliphatic heterocycles. The van der Waals surface area contributed by atoms with Crippen LogP contribution in [0.2, 0.25) is 0 Å². The number of methoxy groups -OCH3 is 1. The summed E-state index contributed by atoms with van der Waals surface area (Å²) >= 11 is 5.23. The minimum absolute atomic E-state index is 0.00536. The Bertz CT molecular complexity index is 1480. The van der Waals surface area contributed by atoms with Crippen LogP contribution >= 0.6 is 12.2 Å². The van der Waals surface area contributed by atoms with Crippen LogP contribution in [-0.2, 0) is 10.0 Å². The molecule has 1 amide bonds. The van der Waals surface area contributed by atoms with Crippen LogP contribution in [0.4, 0.5) is 11.5 Å². The molecule has 0 atom stereocenters. The van der Waals surface area contributed by atoms with Gasteiger partial charge in [-0.15, -0.1) is 0 Å². The Morgan fingerprint density at radius 2 is 1.50 bits per heavy atom. The summed E-state index contributed by atoms with van der Waals surface area (Å²) in [7, 11) is -2.57. The van der Waals surface area contributed by atoms with Gasteiger partial charge in [0.2, 0.25) is 5.82 Å². The van der Waals surface area contributed by atoms with Crippen LogP contribution < -0.4 is 20.1 Å². The molecule has 11 heteroatoms. The average Bonchev–Trinajstić information content (AvgIpc) is 2.89. The van der Waals surface area contributed by atoms with Crippen molar-refractivity contribution in [2.75, 3.05) is 17.1 Å². The summed E-state index contributed by atoms with van der Waals surface area (Å²) in [4.78, 5) is 20.4. The second-order valence-electron chi connectivity index (χ2n) is 7.40. The number of rotatable bonds is 7. The van der Waals surface area contributed by atoms with Gasteiger partial charge in [0.1, 0.15) is 0 Å². The van der Waals surface area contributed by atoms with Crippen LogP contribution in [0, 0.1) is 0 Å². The van der Waals surface area contributed by atoms with Gasteiger partial charge in [-0.25, -0.2) is 18.4 Å². The van der Waals surface area contributed by atoms with Gasteiger partial charge in [-0.3, -0.25) is 14.8 Å². The number of anilines is 2. The molecule has 0 radical (unpaired) electrons. The first kappa shape index (κ1) is 24.8. The Morgan fingerprint density at radius 3 is 2.17 bits per heavy atom.